The summed E-state index contributed by atoms with van der Waals surface area (Å²) in [4.78, 5) is 0. The smallest absolute Gasteiger partial charge is 0.231 e. The van der Waals surface area contributed by atoms with E-state index in [4.69, 9.17) is 9.47 Å². The Balaban J connectivity index is 1.65. The summed E-state index contributed by atoms with van der Waals surface area (Å²) in [5.74, 6) is 1.61. The highest BCUT2D eigenvalue weighted by Crippen LogP contribution is 2.35. The predicted molar refractivity (Wildman–Crippen MR) is 88.6 cm³/mol. The second kappa shape index (κ2) is 5.26. The Bertz CT molecular complexity index is 823. The highest BCUT2D eigenvalue weighted by molar-refractivity contribution is 5.86. The van der Waals surface area contributed by atoms with Gasteiger partial charge in [-0.2, -0.15) is 0 Å². The standard InChI is InChI=1S/C19H17NO2/c1-13(16-8-4-6-14-5-2-3-7-17(14)16)20-15-9-10-18-19(11-15)22-12-21-18/h2-11,13,20H,12H2,1H3. The molecule has 3 aromatic rings. The molecule has 0 amide bonds. The van der Waals surface area contributed by atoms with Crippen LogP contribution < -0.4 is 14.8 Å². The summed E-state index contributed by atoms with van der Waals surface area (Å²) in [7, 11) is 0. The Morgan fingerprint density at radius 3 is 2.68 bits per heavy atom. The maximum absolute atomic E-state index is 5.43. The van der Waals surface area contributed by atoms with Crippen molar-refractivity contribution in [2.75, 3.05) is 12.1 Å². The maximum Gasteiger partial charge on any atom is 0.231 e. The molecular weight excluding hydrogens is 274 g/mol. The minimum absolute atomic E-state index is 0.200. The van der Waals surface area contributed by atoms with Gasteiger partial charge in [0.15, 0.2) is 11.5 Å². The second-order valence-corrected chi connectivity index (χ2v) is 5.50. The summed E-state index contributed by atoms with van der Waals surface area (Å²) >= 11 is 0. The van der Waals surface area contributed by atoms with Crippen molar-refractivity contribution in [3.8, 4) is 11.5 Å². The molecular formula is C19H17NO2. The number of hydrogen-bond acceptors (Lipinski definition) is 3. The van der Waals surface area contributed by atoms with E-state index in [0.29, 0.717) is 6.79 Å². The zero-order chi connectivity index (χ0) is 14.9. The Morgan fingerprint density at radius 2 is 1.73 bits per heavy atom. The van der Waals surface area contributed by atoms with Gasteiger partial charge in [0.1, 0.15) is 0 Å². The fourth-order valence-corrected chi connectivity index (χ4v) is 2.94. The van der Waals surface area contributed by atoms with Crippen LogP contribution in [-0.2, 0) is 0 Å². The van der Waals surface area contributed by atoms with Gasteiger partial charge < -0.3 is 14.8 Å². The zero-order valence-corrected chi connectivity index (χ0v) is 12.4. The summed E-state index contributed by atoms with van der Waals surface area (Å²) < 4.78 is 10.8. The number of rotatable bonds is 3. The van der Waals surface area contributed by atoms with Gasteiger partial charge >= 0.3 is 0 Å². The first-order valence-corrected chi connectivity index (χ1v) is 7.45. The van der Waals surface area contributed by atoms with Gasteiger partial charge in [0, 0.05) is 17.8 Å². The van der Waals surface area contributed by atoms with Crippen LogP contribution in [0.5, 0.6) is 11.5 Å². The third-order valence-corrected chi connectivity index (χ3v) is 4.05. The lowest BCUT2D eigenvalue weighted by atomic mass is 9.99. The molecule has 1 aliphatic rings. The van der Waals surface area contributed by atoms with Crippen LogP contribution in [0, 0.1) is 0 Å². The van der Waals surface area contributed by atoms with Crippen LogP contribution in [-0.4, -0.2) is 6.79 Å². The third-order valence-electron chi connectivity index (χ3n) is 4.05. The number of ether oxygens (including phenoxy) is 2. The van der Waals surface area contributed by atoms with Crippen LogP contribution in [0.2, 0.25) is 0 Å². The van der Waals surface area contributed by atoms with E-state index in [2.05, 4.69) is 54.7 Å². The third kappa shape index (κ3) is 2.25. The SMILES string of the molecule is CC(Nc1ccc2c(c1)OCO2)c1cccc2ccccc12. The first-order chi connectivity index (χ1) is 10.8. The molecule has 0 aliphatic carbocycles. The normalized spacial score (nSPS) is 14.0. The quantitative estimate of drug-likeness (QED) is 0.756. The average molecular weight is 291 g/mol. The van der Waals surface area contributed by atoms with Crippen LogP contribution in [0.4, 0.5) is 5.69 Å². The van der Waals surface area contributed by atoms with E-state index in [1.807, 2.05) is 18.2 Å². The first-order valence-electron chi connectivity index (χ1n) is 7.45. The molecule has 0 radical (unpaired) electrons. The molecule has 1 unspecified atom stereocenters. The zero-order valence-electron chi connectivity index (χ0n) is 12.4. The molecule has 3 aromatic carbocycles. The van der Waals surface area contributed by atoms with Crippen molar-refractivity contribution in [1.82, 2.24) is 0 Å². The summed E-state index contributed by atoms with van der Waals surface area (Å²) in [6.07, 6.45) is 0. The summed E-state index contributed by atoms with van der Waals surface area (Å²) in [6, 6.07) is 21.1. The molecule has 0 saturated heterocycles. The van der Waals surface area contributed by atoms with Crippen molar-refractivity contribution in [3.05, 3.63) is 66.2 Å². The highest BCUT2D eigenvalue weighted by atomic mass is 16.7. The van der Waals surface area contributed by atoms with Crippen molar-refractivity contribution < 1.29 is 9.47 Å². The van der Waals surface area contributed by atoms with Crippen molar-refractivity contribution in [2.45, 2.75) is 13.0 Å². The van der Waals surface area contributed by atoms with E-state index in [1.54, 1.807) is 0 Å². The number of hydrogen-bond donors (Lipinski definition) is 1. The first kappa shape index (κ1) is 13.0. The van der Waals surface area contributed by atoms with E-state index in [1.165, 1.54) is 16.3 Å². The van der Waals surface area contributed by atoms with E-state index in [9.17, 15) is 0 Å². The minimum atomic E-state index is 0.200. The van der Waals surface area contributed by atoms with Gasteiger partial charge in [0.2, 0.25) is 6.79 Å². The molecule has 3 heteroatoms. The largest absolute Gasteiger partial charge is 0.454 e. The van der Waals surface area contributed by atoms with E-state index >= 15 is 0 Å². The van der Waals surface area contributed by atoms with Crippen LogP contribution in [0.3, 0.4) is 0 Å². The molecule has 22 heavy (non-hydrogen) atoms. The van der Waals surface area contributed by atoms with Crippen molar-refractivity contribution in [1.29, 1.82) is 0 Å². The number of fused-ring (bicyclic) bond motifs is 2. The summed E-state index contributed by atoms with van der Waals surface area (Å²) in [5, 5.41) is 6.09. The van der Waals surface area contributed by atoms with Crippen LogP contribution >= 0.6 is 0 Å². The highest BCUT2D eigenvalue weighted by Gasteiger charge is 2.15. The van der Waals surface area contributed by atoms with Crippen LogP contribution in [0.1, 0.15) is 18.5 Å². The topological polar surface area (TPSA) is 30.5 Å². The van der Waals surface area contributed by atoms with Crippen molar-refractivity contribution >= 4 is 16.5 Å². The van der Waals surface area contributed by atoms with Crippen LogP contribution in [0.15, 0.2) is 60.7 Å². The Morgan fingerprint density at radius 1 is 0.909 bits per heavy atom. The molecule has 4 rings (SSSR count). The Hall–Kier alpha value is -2.68. The molecule has 0 aromatic heterocycles. The lowest BCUT2D eigenvalue weighted by Gasteiger charge is -2.18. The van der Waals surface area contributed by atoms with Gasteiger partial charge in [0.05, 0.1) is 0 Å². The lowest BCUT2D eigenvalue weighted by Crippen LogP contribution is -2.07. The molecule has 1 atom stereocenters. The molecule has 1 N–H and O–H groups in total. The lowest BCUT2D eigenvalue weighted by molar-refractivity contribution is 0.174. The molecule has 0 spiro atoms. The minimum Gasteiger partial charge on any atom is -0.454 e. The Kier molecular flexibility index (Phi) is 3.11. The predicted octanol–water partition coefficient (Wildman–Crippen LogP) is 4.74. The fraction of sp³-hybridized carbons (Fsp3) is 0.158. The van der Waals surface area contributed by atoms with Gasteiger partial charge in [0.25, 0.3) is 0 Å². The van der Waals surface area contributed by atoms with Gasteiger partial charge in [-0.15, -0.1) is 0 Å². The number of benzene rings is 3. The molecule has 0 fully saturated rings. The molecule has 0 bridgehead atoms. The van der Waals surface area contributed by atoms with E-state index < -0.39 is 0 Å². The molecule has 1 heterocycles. The Labute approximate surface area is 129 Å². The van der Waals surface area contributed by atoms with Gasteiger partial charge in [-0.05, 0) is 35.4 Å². The van der Waals surface area contributed by atoms with Gasteiger partial charge in [-0.25, -0.2) is 0 Å². The van der Waals surface area contributed by atoms with E-state index in [0.717, 1.165) is 17.2 Å². The monoisotopic (exact) mass is 291 g/mol. The second-order valence-electron chi connectivity index (χ2n) is 5.50. The van der Waals surface area contributed by atoms with Gasteiger partial charge in [-0.1, -0.05) is 42.5 Å². The molecule has 0 saturated carbocycles. The maximum atomic E-state index is 5.43. The van der Waals surface area contributed by atoms with Gasteiger partial charge in [-0.3, -0.25) is 0 Å². The summed E-state index contributed by atoms with van der Waals surface area (Å²) in [5.41, 5.74) is 2.32. The number of nitrogens with one attached hydrogen (secondary N) is 1. The molecule has 110 valence electrons. The molecule has 3 nitrogen and oxygen atoms in total. The summed E-state index contributed by atoms with van der Waals surface area (Å²) in [6.45, 7) is 2.48. The number of anilines is 1. The van der Waals surface area contributed by atoms with E-state index in [-0.39, 0.29) is 6.04 Å². The molecule has 1 aliphatic heterocycles. The van der Waals surface area contributed by atoms with Crippen molar-refractivity contribution in [2.24, 2.45) is 0 Å². The van der Waals surface area contributed by atoms with Crippen LogP contribution in [0.25, 0.3) is 10.8 Å². The fourth-order valence-electron chi connectivity index (χ4n) is 2.94. The average Bonchev–Trinajstić information content (AvgIpc) is 3.02. The van der Waals surface area contributed by atoms with Crippen molar-refractivity contribution in [3.63, 3.8) is 0 Å².